The van der Waals surface area contributed by atoms with Crippen LogP contribution in [0.5, 0.6) is 0 Å². The van der Waals surface area contributed by atoms with Crippen LogP contribution in [-0.4, -0.2) is 63.4 Å². The van der Waals surface area contributed by atoms with Gasteiger partial charge in [-0.05, 0) is 39.3 Å². The summed E-state index contributed by atoms with van der Waals surface area (Å²) < 4.78 is 6.92. The summed E-state index contributed by atoms with van der Waals surface area (Å²) in [6.45, 7) is 7.83. The SMILES string of the molecule is CC(=O)c1c(C)nn(CCC(=O)N2CCCN(C(=O)c3ccco3)CC2)c1C. The molecule has 0 radical (unpaired) electrons. The molecule has 1 aliphatic rings. The minimum Gasteiger partial charge on any atom is -0.459 e. The number of aromatic nitrogens is 2. The van der Waals surface area contributed by atoms with E-state index in [9.17, 15) is 14.4 Å². The van der Waals surface area contributed by atoms with Crippen molar-refractivity contribution in [1.82, 2.24) is 19.6 Å². The van der Waals surface area contributed by atoms with Gasteiger partial charge in [-0.25, -0.2) is 0 Å². The number of hydrogen-bond acceptors (Lipinski definition) is 5. The molecule has 1 saturated heterocycles. The van der Waals surface area contributed by atoms with Crippen LogP contribution in [0.2, 0.25) is 0 Å². The summed E-state index contributed by atoms with van der Waals surface area (Å²) >= 11 is 0. The number of aryl methyl sites for hydroxylation is 2. The van der Waals surface area contributed by atoms with Crippen molar-refractivity contribution in [2.24, 2.45) is 0 Å². The zero-order chi connectivity index (χ0) is 20.3. The Morgan fingerprint density at radius 3 is 2.46 bits per heavy atom. The average Bonchev–Trinajstić information content (AvgIpc) is 3.20. The van der Waals surface area contributed by atoms with Gasteiger partial charge in [0, 0.05) is 44.8 Å². The quantitative estimate of drug-likeness (QED) is 0.734. The predicted molar refractivity (Wildman–Crippen MR) is 102 cm³/mol. The normalized spacial score (nSPS) is 14.8. The number of carbonyl (C=O) groups excluding carboxylic acids is 3. The van der Waals surface area contributed by atoms with E-state index in [1.165, 1.54) is 13.2 Å². The Hall–Kier alpha value is -2.90. The molecular weight excluding hydrogens is 360 g/mol. The van der Waals surface area contributed by atoms with Crippen LogP contribution >= 0.6 is 0 Å². The minimum atomic E-state index is -0.140. The van der Waals surface area contributed by atoms with E-state index in [1.807, 2.05) is 13.8 Å². The Labute approximate surface area is 164 Å². The molecule has 150 valence electrons. The van der Waals surface area contributed by atoms with Crippen LogP contribution in [0.1, 0.15) is 52.1 Å². The third-order valence-corrected chi connectivity index (χ3v) is 5.14. The summed E-state index contributed by atoms with van der Waals surface area (Å²) in [5.74, 6) is 0.204. The lowest BCUT2D eigenvalue weighted by Crippen LogP contribution is -2.37. The van der Waals surface area contributed by atoms with Gasteiger partial charge in [0.2, 0.25) is 5.91 Å². The van der Waals surface area contributed by atoms with Crippen LogP contribution in [0, 0.1) is 13.8 Å². The Kier molecular flexibility index (Phi) is 5.96. The Bertz CT molecular complexity index is 869. The molecule has 0 bridgehead atoms. The van der Waals surface area contributed by atoms with Crippen molar-refractivity contribution >= 4 is 17.6 Å². The molecule has 0 spiro atoms. The van der Waals surface area contributed by atoms with Gasteiger partial charge >= 0.3 is 0 Å². The minimum absolute atomic E-state index is 0.0126. The van der Waals surface area contributed by atoms with Crippen LogP contribution in [-0.2, 0) is 11.3 Å². The molecule has 8 heteroatoms. The number of furan rings is 1. The molecule has 1 fully saturated rings. The third kappa shape index (κ3) is 4.16. The molecule has 2 aromatic heterocycles. The van der Waals surface area contributed by atoms with Gasteiger partial charge < -0.3 is 14.2 Å². The molecule has 0 atom stereocenters. The average molecular weight is 386 g/mol. The summed E-state index contributed by atoms with van der Waals surface area (Å²) in [4.78, 5) is 40.3. The van der Waals surface area contributed by atoms with Gasteiger partial charge in [0.05, 0.1) is 17.5 Å². The molecule has 0 unspecified atom stereocenters. The fourth-order valence-electron chi connectivity index (χ4n) is 3.71. The first-order valence-corrected chi connectivity index (χ1v) is 9.54. The highest BCUT2D eigenvalue weighted by Crippen LogP contribution is 2.15. The van der Waals surface area contributed by atoms with Crippen molar-refractivity contribution in [3.05, 3.63) is 41.1 Å². The molecular formula is C20H26N4O4. The van der Waals surface area contributed by atoms with Crippen LogP contribution in [0.15, 0.2) is 22.8 Å². The smallest absolute Gasteiger partial charge is 0.289 e. The molecule has 1 aliphatic heterocycles. The number of carbonyl (C=O) groups is 3. The van der Waals surface area contributed by atoms with Crippen molar-refractivity contribution in [2.75, 3.05) is 26.2 Å². The lowest BCUT2D eigenvalue weighted by molar-refractivity contribution is -0.131. The number of ketones is 1. The summed E-state index contributed by atoms with van der Waals surface area (Å²) in [6, 6.07) is 3.34. The van der Waals surface area contributed by atoms with E-state index in [1.54, 1.807) is 26.6 Å². The monoisotopic (exact) mass is 386 g/mol. The summed E-state index contributed by atoms with van der Waals surface area (Å²) in [7, 11) is 0. The van der Waals surface area contributed by atoms with Gasteiger partial charge in [0.25, 0.3) is 5.91 Å². The van der Waals surface area contributed by atoms with Gasteiger partial charge in [0.15, 0.2) is 11.5 Å². The molecule has 0 saturated carbocycles. The fraction of sp³-hybridized carbons (Fsp3) is 0.500. The van der Waals surface area contributed by atoms with E-state index in [-0.39, 0.29) is 17.6 Å². The highest BCUT2D eigenvalue weighted by atomic mass is 16.3. The lowest BCUT2D eigenvalue weighted by atomic mass is 10.1. The second kappa shape index (κ2) is 8.41. The van der Waals surface area contributed by atoms with Gasteiger partial charge in [-0.1, -0.05) is 0 Å². The maximum Gasteiger partial charge on any atom is 0.289 e. The molecule has 0 aromatic carbocycles. The van der Waals surface area contributed by atoms with Crippen molar-refractivity contribution in [2.45, 2.75) is 40.2 Å². The van der Waals surface area contributed by atoms with Crippen molar-refractivity contribution in [3.63, 3.8) is 0 Å². The molecule has 2 aromatic rings. The zero-order valence-corrected chi connectivity index (χ0v) is 16.6. The van der Waals surface area contributed by atoms with E-state index in [2.05, 4.69) is 5.10 Å². The van der Waals surface area contributed by atoms with E-state index < -0.39 is 0 Å². The maximum atomic E-state index is 12.7. The first kappa shape index (κ1) is 19.9. The summed E-state index contributed by atoms with van der Waals surface area (Å²) in [6.07, 6.45) is 2.52. The number of nitrogens with zero attached hydrogens (tertiary/aromatic N) is 4. The highest BCUT2D eigenvalue weighted by Gasteiger charge is 2.24. The van der Waals surface area contributed by atoms with Gasteiger partial charge in [-0.15, -0.1) is 0 Å². The second-order valence-corrected chi connectivity index (χ2v) is 7.08. The zero-order valence-electron chi connectivity index (χ0n) is 16.6. The van der Waals surface area contributed by atoms with E-state index in [0.29, 0.717) is 56.2 Å². The summed E-state index contributed by atoms with van der Waals surface area (Å²) in [5, 5.41) is 4.39. The topological polar surface area (TPSA) is 88.7 Å². The van der Waals surface area contributed by atoms with Crippen molar-refractivity contribution < 1.29 is 18.8 Å². The first-order valence-electron chi connectivity index (χ1n) is 9.54. The summed E-state index contributed by atoms with van der Waals surface area (Å²) in [5.41, 5.74) is 2.12. The molecule has 0 aliphatic carbocycles. The van der Waals surface area contributed by atoms with E-state index in [0.717, 1.165) is 12.1 Å². The van der Waals surface area contributed by atoms with Crippen molar-refractivity contribution in [1.29, 1.82) is 0 Å². The highest BCUT2D eigenvalue weighted by molar-refractivity contribution is 5.96. The standard InChI is InChI=1S/C20H26N4O4/c1-14-19(16(3)25)15(2)24(21-14)10-7-18(26)22-8-5-9-23(12-11-22)20(27)17-6-4-13-28-17/h4,6,13H,5,7-12H2,1-3H3. The Morgan fingerprint density at radius 1 is 1.11 bits per heavy atom. The number of hydrogen-bond donors (Lipinski definition) is 0. The molecule has 3 heterocycles. The van der Waals surface area contributed by atoms with Crippen LogP contribution in [0.25, 0.3) is 0 Å². The first-order chi connectivity index (χ1) is 13.4. The maximum absolute atomic E-state index is 12.7. The molecule has 28 heavy (non-hydrogen) atoms. The third-order valence-electron chi connectivity index (χ3n) is 5.14. The van der Waals surface area contributed by atoms with Gasteiger partial charge in [0.1, 0.15) is 0 Å². The van der Waals surface area contributed by atoms with Gasteiger partial charge in [-0.3, -0.25) is 19.1 Å². The van der Waals surface area contributed by atoms with E-state index >= 15 is 0 Å². The van der Waals surface area contributed by atoms with Crippen LogP contribution in [0.4, 0.5) is 0 Å². The van der Waals surface area contributed by atoms with Gasteiger partial charge in [-0.2, -0.15) is 5.10 Å². The van der Waals surface area contributed by atoms with Crippen LogP contribution < -0.4 is 0 Å². The molecule has 2 amide bonds. The fourth-order valence-corrected chi connectivity index (χ4v) is 3.71. The number of Topliss-reactive ketones (excluding diaryl/α,β-unsaturated/α-hetero) is 1. The number of rotatable bonds is 5. The second-order valence-electron chi connectivity index (χ2n) is 7.08. The molecule has 0 N–H and O–H groups in total. The largest absolute Gasteiger partial charge is 0.459 e. The molecule has 3 rings (SSSR count). The predicted octanol–water partition coefficient (Wildman–Crippen LogP) is 2.06. The number of amides is 2. The van der Waals surface area contributed by atoms with Crippen molar-refractivity contribution in [3.8, 4) is 0 Å². The lowest BCUT2D eigenvalue weighted by Gasteiger charge is -2.21. The van der Waals surface area contributed by atoms with Crippen LogP contribution in [0.3, 0.4) is 0 Å². The van der Waals surface area contributed by atoms with E-state index in [4.69, 9.17) is 4.42 Å². The Balaban J connectivity index is 1.56. The molecule has 8 nitrogen and oxygen atoms in total. The Morgan fingerprint density at radius 2 is 1.82 bits per heavy atom.